The molecule has 0 spiro atoms. The van der Waals surface area contributed by atoms with Crippen molar-refractivity contribution in [3.8, 4) is 11.3 Å². The summed E-state index contributed by atoms with van der Waals surface area (Å²) in [7, 11) is 0. The third-order valence-corrected chi connectivity index (χ3v) is 6.35. The van der Waals surface area contributed by atoms with E-state index >= 15 is 0 Å². The summed E-state index contributed by atoms with van der Waals surface area (Å²) >= 11 is 5.97. The molecular weight excluding hydrogens is 436 g/mol. The van der Waals surface area contributed by atoms with E-state index in [-0.39, 0.29) is 24.4 Å². The molecule has 0 unspecified atom stereocenters. The number of carbonyl (C=O) groups is 1. The van der Waals surface area contributed by atoms with E-state index in [2.05, 4.69) is 36.0 Å². The third-order valence-electron chi connectivity index (χ3n) is 6.10. The molecule has 0 atom stereocenters. The lowest BCUT2D eigenvalue weighted by Crippen LogP contribution is -2.49. The van der Waals surface area contributed by atoms with Gasteiger partial charge >= 0.3 is 0 Å². The van der Waals surface area contributed by atoms with Gasteiger partial charge in [0.1, 0.15) is 0 Å². The van der Waals surface area contributed by atoms with Crippen LogP contribution in [0.15, 0.2) is 65.5 Å². The predicted molar refractivity (Wildman–Crippen MR) is 133 cm³/mol. The van der Waals surface area contributed by atoms with Gasteiger partial charge in [0.15, 0.2) is 0 Å². The topological polar surface area (TPSA) is 58.4 Å². The average molecular weight is 465 g/mol. The number of benzene rings is 2. The molecule has 4 rings (SSSR count). The monoisotopic (exact) mass is 464 g/mol. The van der Waals surface area contributed by atoms with Crippen LogP contribution in [-0.4, -0.2) is 46.8 Å². The SMILES string of the molecule is CC(C)c1ccc(-c2ccc(=O)n(CCC(=O)N3CCN(c4ccc(Cl)cc4)CC3)n2)cc1. The maximum atomic E-state index is 12.8. The number of nitrogens with zero attached hydrogens (tertiary/aromatic N) is 4. The van der Waals surface area contributed by atoms with E-state index in [9.17, 15) is 9.59 Å². The minimum atomic E-state index is -0.196. The fourth-order valence-corrected chi connectivity index (χ4v) is 4.15. The van der Waals surface area contributed by atoms with Gasteiger partial charge in [-0.3, -0.25) is 9.59 Å². The highest BCUT2D eigenvalue weighted by atomic mass is 35.5. The van der Waals surface area contributed by atoms with E-state index in [1.165, 1.54) is 16.3 Å². The number of aromatic nitrogens is 2. The van der Waals surface area contributed by atoms with Gasteiger partial charge in [0.05, 0.1) is 12.2 Å². The third kappa shape index (κ3) is 5.63. The van der Waals surface area contributed by atoms with Crippen molar-refractivity contribution in [1.29, 1.82) is 0 Å². The standard InChI is InChI=1S/C26H29ClN4O2/c1-19(2)20-3-5-21(6-4-20)24-11-12-26(33)31(28-24)14-13-25(32)30-17-15-29(16-18-30)23-9-7-22(27)8-10-23/h3-12,19H,13-18H2,1-2H3. The van der Waals surface area contributed by atoms with Crippen molar-refractivity contribution >= 4 is 23.2 Å². The first-order valence-electron chi connectivity index (χ1n) is 11.4. The van der Waals surface area contributed by atoms with Crippen molar-refractivity contribution in [3.05, 3.63) is 81.6 Å². The van der Waals surface area contributed by atoms with Crippen LogP contribution in [0.4, 0.5) is 5.69 Å². The maximum absolute atomic E-state index is 12.8. The van der Waals surface area contributed by atoms with Gasteiger partial charge in [-0.15, -0.1) is 0 Å². The van der Waals surface area contributed by atoms with Crippen LogP contribution in [0, 0.1) is 0 Å². The van der Waals surface area contributed by atoms with E-state index in [0.717, 1.165) is 30.0 Å². The Kier molecular flexibility index (Phi) is 7.14. The molecule has 1 saturated heterocycles. The molecule has 3 aromatic rings. The number of halogens is 1. The van der Waals surface area contributed by atoms with Gasteiger partial charge in [-0.05, 0) is 41.8 Å². The summed E-state index contributed by atoms with van der Waals surface area (Å²) in [4.78, 5) is 29.2. The first kappa shape index (κ1) is 23.1. The van der Waals surface area contributed by atoms with E-state index < -0.39 is 0 Å². The van der Waals surface area contributed by atoms with Gasteiger partial charge in [0.2, 0.25) is 5.91 Å². The zero-order valence-corrected chi connectivity index (χ0v) is 19.8. The Morgan fingerprint density at radius 2 is 1.61 bits per heavy atom. The number of aryl methyl sites for hydroxylation is 1. The predicted octanol–water partition coefficient (Wildman–Crippen LogP) is 4.43. The summed E-state index contributed by atoms with van der Waals surface area (Å²) in [5, 5.41) is 5.22. The minimum Gasteiger partial charge on any atom is -0.368 e. The van der Waals surface area contributed by atoms with Gasteiger partial charge in [0, 0.05) is 54.9 Å². The molecule has 0 aliphatic carbocycles. The smallest absolute Gasteiger partial charge is 0.266 e. The minimum absolute atomic E-state index is 0.0474. The van der Waals surface area contributed by atoms with Crippen molar-refractivity contribution in [1.82, 2.24) is 14.7 Å². The van der Waals surface area contributed by atoms with Gasteiger partial charge in [-0.2, -0.15) is 5.10 Å². The number of hydrogen-bond donors (Lipinski definition) is 0. The van der Waals surface area contributed by atoms with Crippen molar-refractivity contribution in [2.24, 2.45) is 0 Å². The number of carbonyl (C=O) groups excluding carboxylic acids is 1. The normalized spacial score (nSPS) is 14.1. The second kappa shape index (κ2) is 10.2. The molecule has 0 radical (unpaired) electrons. The Balaban J connectivity index is 1.35. The van der Waals surface area contributed by atoms with E-state index in [1.807, 2.05) is 41.3 Å². The first-order valence-corrected chi connectivity index (χ1v) is 11.8. The second-order valence-corrected chi connectivity index (χ2v) is 9.09. The Morgan fingerprint density at radius 3 is 2.24 bits per heavy atom. The highest BCUT2D eigenvalue weighted by molar-refractivity contribution is 6.30. The number of rotatable bonds is 6. The zero-order valence-electron chi connectivity index (χ0n) is 19.1. The van der Waals surface area contributed by atoms with Crippen LogP contribution in [0.3, 0.4) is 0 Å². The fourth-order valence-electron chi connectivity index (χ4n) is 4.03. The van der Waals surface area contributed by atoms with Crippen LogP contribution in [0.1, 0.15) is 31.7 Å². The van der Waals surface area contributed by atoms with Crippen LogP contribution in [0.5, 0.6) is 0 Å². The van der Waals surface area contributed by atoms with Crippen molar-refractivity contribution in [2.45, 2.75) is 32.7 Å². The maximum Gasteiger partial charge on any atom is 0.266 e. The molecule has 6 nitrogen and oxygen atoms in total. The Bertz CT molecular complexity index is 1150. The Hall–Kier alpha value is -3.12. The number of piperazine rings is 1. The molecule has 1 amide bonds. The molecule has 0 N–H and O–H groups in total. The molecule has 2 aromatic carbocycles. The summed E-state index contributed by atoms with van der Waals surface area (Å²) < 4.78 is 1.40. The highest BCUT2D eigenvalue weighted by Gasteiger charge is 2.21. The molecule has 7 heteroatoms. The zero-order chi connectivity index (χ0) is 23.4. The highest BCUT2D eigenvalue weighted by Crippen LogP contribution is 2.21. The molecular formula is C26H29ClN4O2. The summed E-state index contributed by atoms with van der Waals surface area (Å²) in [6.45, 7) is 7.44. The van der Waals surface area contributed by atoms with Crippen molar-refractivity contribution in [2.75, 3.05) is 31.1 Å². The van der Waals surface area contributed by atoms with E-state index in [4.69, 9.17) is 11.6 Å². The summed E-state index contributed by atoms with van der Waals surface area (Å²) in [6, 6.07) is 19.2. The molecule has 2 heterocycles. The summed E-state index contributed by atoms with van der Waals surface area (Å²) in [5.74, 6) is 0.506. The second-order valence-electron chi connectivity index (χ2n) is 8.65. The Labute approximate surface area is 199 Å². The molecule has 172 valence electrons. The molecule has 0 bridgehead atoms. The Morgan fingerprint density at radius 1 is 0.939 bits per heavy atom. The molecule has 1 fully saturated rings. The van der Waals surface area contributed by atoms with Gasteiger partial charge in [-0.1, -0.05) is 49.7 Å². The largest absolute Gasteiger partial charge is 0.368 e. The van der Waals surface area contributed by atoms with Crippen LogP contribution < -0.4 is 10.5 Å². The lowest BCUT2D eigenvalue weighted by molar-refractivity contribution is -0.131. The molecule has 0 saturated carbocycles. The van der Waals surface area contributed by atoms with Gasteiger partial charge < -0.3 is 9.80 Å². The molecule has 1 aromatic heterocycles. The number of hydrogen-bond acceptors (Lipinski definition) is 4. The summed E-state index contributed by atoms with van der Waals surface area (Å²) in [6.07, 6.45) is 0.254. The molecule has 33 heavy (non-hydrogen) atoms. The number of amides is 1. The van der Waals surface area contributed by atoms with Gasteiger partial charge in [0.25, 0.3) is 5.56 Å². The van der Waals surface area contributed by atoms with Crippen LogP contribution >= 0.6 is 11.6 Å². The lowest BCUT2D eigenvalue weighted by atomic mass is 10.0. The fraction of sp³-hybridized carbons (Fsp3) is 0.346. The molecule has 1 aliphatic heterocycles. The average Bonchev–Trinajstić information content (AvgIpc) is 2.84. The van der Waals surface area contributed by atoms with Crippen LogP contribution in [0.25, 0.3) is 11.3 Å². The van der Waals surface area contributed by atoms with Crippen molar-refractivity contribution in [3.63, 3.8) is 0 Å². The lowest BCUT2D eigenvalue weighted by Gasteiger charge is -2.36. The van der Waals surface area contributed by atoms with Crippen LogP contribution in [-0.2, 0) is 11.3 Å². The van der Waals surface area contributed by atoms with Crippen molar-refractivity contribution < 1.29 is 4.79 Å². The quantitative estimate of drug-likeness (QED) is 0.541. The van der Waals surface area contributed by atoms with E-state index in [1.54, 1.807) is 6.07 Å². The molecule has 1 aliphatic rings. The number of anilines is 1. The summed E-state index contributed by atoms with van der Waals surface area (Å²) in [5.41, 5.74) is 3.86. The van der Waals surface area contributed by atoms with Gasteiger partial charge in [-0.25, -0.2) is 4.68 Å². The van der Waals surface area contributed by atoms with Crippen LogP contribution in [0.2, 0.25) is 5.02 Å². The van der Waals surface area contributed by atoms with E-state index in [0.29, 0.717) is 24.0 Å². The first-order chi connectivity index (χ1) is 15.9.